The Hall–Kier alpha value is -0.426. The van der Waals surface area contributed by atoms with Crippen LogP contribution in [0.1, 0.15) is 61.8 Å². The van der Waals surface area contributed by atoms with E-state index in [4.69, 9.17) is 9.16 Å². The zero-order chi connectivity index (χ0) is 23.5. The number of rotatable bonds is 11. The molecule has 1 aliphatic heterocycles. The van der Waals surface area contributed by atoms with Crippen molar-refractivity contribution in [3.63, 3.8) is 0 Å². The predicted molar refractivity (Wildman–Crippen MR) is 139 cm³/mol. The second kappa shape index (κ2) is 10.5. The van der Waals surface area contributed by atoms with Gasteiger partial charge in [-0.25, -0.2) is 0 Å². The molecule has 174 valence electrons. The summed E-state index contributed by atoms with van der Waals surface area (Å²) in [5.41, 5.74) is 3.11. The number of hydrogen-bond donors (Lipinski definition) is 0. The molecule has 0 bridgehead atoms. The first-order valence-electron chi connectivity index (χ1n) is 11.9. The van der Waals surface area contributed by atoms with Gasteiger partial charge in [0.2, 0.25) is 0 Å². The van der Waals surface area contributed by atoms with Gasteiger partial charge in [-0.2, -0.15) is 0 Å². The van der Waals surface area contributed by atoms with Crippen LogP contribution in [0.25, 0.3) is 0 Å². The summed E-state index contributed by atoms with van der Waals surface area (Å²) in [5.74, 6) is 0.320. The number of ether oxygens (including phenoxy) is 1. The summed E-state index contributed by atoms with van der Waals surface area (Å²) >= 11 is 0. The van der Waals surface area contributed by atoms with Gasteiger partial charge in [0.05, 0.1) is 20.8 Å². The van der Waals surface area contributed by atoms with Crippen LogP contribution in [0.2, 0.25) is 36.3 Å². The summed E-state index contributed by atoms with van der Waals surface area (Å²) in [6, 6.07) is 0. The summed E-state index contributed by atoms with van der Waals surface area (Å²) in [5, 5.41) is 1.57. The van der Waals surface area contributed by atoms with Crippen molar-refractivity contribution in [3.8, 4) is 0 Å². The molecule has 0 aliphatic carbocycles. The van der Waals surface area contributed by atoms with Crippen molar-refractivity contribution in [2.75, 3.05) is 13.2 Å². The standard InChI is InChI=1S/C26H50O2Si2/c1-14-16-24(29(11,12)13)23-18-27-25(26(23,10)15-2)22(9)17-28-30(19(3)4,20(5)6)21(7)8/h14-15,19-22,25H,1-2,16-18H2,3-13H3/b24-23+/t22-,25?,26+/m1/s1. The van der Waals surface area contributed by atoms with Crippen LogP contribution in [0.3, 0.4) is 0 Å². The van der Waals surface area contributed by atoms with Crippen LogP contribution >= 0.6 is 0 Å². The lowest BCUT2D eigenvalue weighted by molar-refractivity contribution is 0.0117. The van der Waals surface area contributed by atoms with E-state index in [0.29, 0.717) is 29.1 Å². The first kappa shape index (κ1) is 27.6. The molecule has 1 heterocycles. The fraction of sp³-hybridized carbons (Fsp3) is 0.769. The Kier molecular flexibility index (Phi) is 9.63. The van der Waals surface area contributed by atoms with Crippen LogP contribution in [-0.2, 0) is 9.16 Å². The minimum atomic E-state index is -1.88. The number of hydrogen-bond acceptors (Lipinski definition) is 2. The zero-order valence-electron chi connectivity index (χ0n) is 21.9. The molecular formula is C26H50O2Si2. The van der Waals surface area contributed by atoms with E-state index in [2.05, 4.69) is 100 Å². The molecule has 4 heteroatoms. The van der Waals surface area contributed by atoms with Crippen molar-refractivity contribution in [2.24, 2.45) is 11.3 Å². The van der Waals surface area contributed by atoms with Crippen molar-refractivity contribution >= 4 is 16.4 Å². The minimum absolute atomic E-state index is 0.111. The molecule has 1 rings (SSSR count). The second-order valence-corrected chi connectivity index (χ2v) is 22.1. The Labute approximate surface area is 190 Å². The largest absolute Gasteiger partial charge is 0.416 e. The quantitative estimate of drug-likeness (QED) is 0.233. The van der Waals surface area contributed by atoms with E-state index < -0.39 is 16.4 Å². The highest BCUT2D eigenvalue weighted by Crippen LogP contribution is 2.48. The lowest BCUT2D eigenvalue weighted by Gasteiger charge is -2.44. The van der Waals surface area contributed by atoms with Gasteiger partial charge in [-0.1, -0.05) is 85.5 Å². The molecule has 0 aromatic rings. The minimum Gasteiger partial charge on any atom is -0.416 e. The van der Waals surface area contributed by atoms with Crippen molar-refractivity contribution < 1.29 is 9.16 Å². The average molecular weight is 451 g/mol. The third kappa shape index (κ3) is 5.31. The Bertz CT molecular complexity index is 606. The molecule has 0 amide bonds. The van der Waals surface area contributed by atoms with Crippen LogP contribution in [0.15, 0.2) is 36.1 Å². The van der Waals surface area contributed by atoms with Crippen LogP contribution in [0.5, 0.6) is 0 Å². The molecule has 2 nitrogen and oxygen atoms in total. The van der Waals surface area contributed by atoms with E-state index in [1.54, 1.807) is 5.20 Å². The molecule has 0 aromatic carbocycles. The van der Waals surface area contributed by atoms with E-state index in [1.165, 1.54) is 5.57 Å². The smallest absolute Gasteiger partial charge is 0.200 e. The molecular weight excluding hydrogens is 400 g/mol. The van der Waals surface area contributed by atoms with Crippen LogP contribution in [0.4, 0.5) is 0 Å². The van der Waals surface area contributed by atoms with E-state index >= 15 is 0 Å². The van der Waals surface area contributed by atoms with Gasteiger partial charge in [0, 0.05) is 17.9 Å². The van der Waals surface area contributed by atoms with Crippen molar-refractivity contribution in [3.05, 3.63) is 36.1 Å². The van der Waals surface area contributed by atoms with Crippen LogP contribution in [0, 0.1) is 11.3 Å². The average Bonchev–Trinajstić information content (AvgIpc) is 2.95. The fourth-order valence-electron chi connectivity index (χ4n) is 5.97. The molecule has 30 heavy (non-hydrogen) atoms. The normalized spacial score (nSPS) is 25.9. The highest BCUT2D eigenvalue weighted by Gasteiger charge is 2.49. The molecule has 0 aromatic heterocycles. The first-order chi connectivity index (χ1) is 13.7. The summed E-state index contributed by atoms with van der Waals surface area (Å²) in [6.07, 6.45) is 5.26. The van der Waals surface area contributed by atoms with Crippen LogP contribution < -0.4 is 0 Å². The molecule has 0 radical (unpaired) electrons. The Morgan fingerprint density at radius 1 is 1.07 bits per heavy atom. The number of allylic oxidation sites excluding steroid dienone is 2. The van der Waals surface area contributed by atoms with Crippen LogP contribution in [-0.4, -0.2) is 35.7 Å². The van der Waals surface area contributed by atoms with Gasteiger partial charge in [0.25, 0.3) is 0 Å². The summed E-state index contributed by atoms with van der Waals surface area (Å²) < 4.78 is 13.4. The highest BCUT2D eigenvalue weighted by molar-refractivity contribution is 6.83. The lowest BCUT2D eigenvalue weighted by Crippen LogP contribution is -2.49. The molecule has 0 N–H and O–H groups in total. The zero-order valence-corrected chi connectivity index (χ0v) is 23.9. The van der Waals surface area contributed by atoms with Gasteiger partial charge >= 0.3 is 0 Å². The van der Waals surface area contributed by atoms with Gasteiger partial charge in [0.1, 0.15) is 0 Å². The predicted octanol–water partition coefficient (Wildman–Crippen LogP) is 8.16. The maximum atomic E-state index is 6.94. The Morgan fingerprint density at radius 2 is 1.57 bits per heavy atom. The lowest BCUT2D eigenvalue weighted by atomic mass is 9.75. The van der Waals surface area contributed by atoms with E-state index in [-0.39, 0.29) is 11.5 Å². The van der Waals surface area contributed by atoms with Gasteiger partial charge in [-0.15, -0.1) is 13.2 Å². The monoisotopic (exact) mass is 450 g/mol. The molecule has 3 atom stereocenters. The van der Waals surface area contributed by atoms with Crippen molar-refractivity contribution in [1.29, 1.82) is 0 Å². The topological polar surface area (TPSA) is 18.5 Å². The van der Waals surface area contributed by atoms with E-state index in [0.717, 1.165) is 13.0 Å². The van der Waals surface area contributed by atoms with E-state index in [9.17, 15) is 0 Å². The molecule has 0 saturated carbocycles. The first-order valence-corrected chi connectivity index (χ1v) is 17.6. The third-order valence-corrected chi connectivity index (χ3v) is 15.9. The Morgan fingerprint density at radius 3 is 1.93 bits per heavy atom. The van der Waals surface area contributed by atoms with Gasteiger partial charge in [-0.05, 0) is 35.5 Å². The fourth-order valence-corrected chi connectivity index (χ4v) is 13.5. The van der Waals surface area contributed by atoms with E-state index in [1.807, 2.05) is 0 Å². The molecule has 1 unspecified atom stereocenters. The highest BCUT2D eigenvalue weighted by atomic mass is 28.4. The SMILES string of the molecule is C=CC/C(=C1/COC([C@H](C)CO[Si](C(C)C)(C(C)C)C(C)C)[C@@]1(C)C=C)[Si](C)(C)C. The molecule has 1 fully saturated rings. The van der Waals surface area contributed by atoms with Gasteiger partial charge < -0.3 is 9.16 Å². The maximum absolute atomic E-state index is 6.94. The van der Waals surface area contributed by atoms with Gasteiger partial charge in [-0.3, -0.25) is 0 Å². The maximum Gasteiger partial charge on any atom is 0.200 e. The summed E-state index contributed by atoms with van der Waals surface area (Å²) in [7, 11) is -3.36. The molecule has 1 saturated heterocycles. The molecule has 0 spiro atoms. The summed E-state index contributed by atoms with van der Waals surface area (Å²) in [4.78, 5) is 0. The molecule has 1 aliphatic rings. The van der Waals surface area contributed by atoms with Gasteiger partial charge in [0.15, 0.2) is 8.32 Å². The second-order valence-electron chi connectivity index (χ2n) is 11.5. The summed E-state index contributed by atoms with van der Waals surface area (Å²) in [6.45, 7) is 35.8. The van der Waals surface area contributed by atoms with Crippen molar-refractivity contribution in [2.45, 2.75) is 104 Å². The van der Waals surface area contributed by atoms with Crippen molar-refractivity contribution in [1.82, 2.24) is 0 Å². The third-order valence-electron chi connectivity index (χ3n) is 7.51. The Balaban J connectivity index is 3.24.